The van der Waals surface area contributed by atoms with E-state index in [0.29, 0.717) is 39.1 Å². The molecular formula is C9H20N2O3S. The van der Waals surface area contributed by atoms with Crippen LogP contribution in [0.25, 0.3) is 0 Å². The fraction of sp³-hybridized carbons (Fsp3) is 1.00. The van der Waals surface area contributed by atoms with E-state index >= 15 is 0 Å². The lowest BCUT2D eigenvalue weighted by Crippen LogP contribution is -2.40. The third kappa shape index (κ3) is 4.46. The third-order valence-corrected chi connectivity index (χ3v) is 4.42. The molecule has 0 aromatic heterocycles. The molecule has 2 N–H and O–H groups in total. The summed E-state index contributed by atoms with van der Waals surface area (Å²) in [6.07, 6.45) is 1.22. The first-order valence-electron chi connectivity index (χ1n) is 5.43. The van der Waals surface area contributed by atoms with E-state index in [2.05, 4.69) is 10.0 Å². The highest BCUT2D eigenvalue weighted by molar-refractivity contribution is 7.90. The van der Waals surface area contributed by atoms with Gasteiger partial charge in [0.25, 0.3) is 0 Å². The first-order chi connectivity index (χ1) is 7.17. The maximum absolute atomic E-state index is 11.8. The van der Waals surface area contributed by atoms with Crippen molar-refractivity contribution in [1.82, 2.24) is 10.0 Å². The van der Waals surface area contributed by atoms with Gasteiger partial charge in [-0.1, -0.05) is 6.92 Å². The zero-order chi connectivity index (χ0) is 11.1. The Balaban J connectivity index is 2.30. The number of ether oxygens (including phenoxy) is 1. The molecule has 1 fully saturated rings. The standard InChI is InChI=1S/C9H20N2O3S/c1-2-10-5-6-11-15(12,13)9-3-7-14-8-4-9/h9-11H,2-8H2,1H3. The van der Waals surface area contributed by atoms with Crippen LogP contribution in [0.3, 0.4) is 0 Å². The van der Waals surface area contributed by atoms with Crippen LogP contribution in [-0.2, 0) is 14.8 Å². The Labute approximate surface area is 91.6 Å². The van der Waals surface area contributed by atoms with Crippen LogP contribution >= 0.6 is 0 Å². The van der Waals surface area contributed by atoms with Crippen molar-refractivity contribution < 1.29 is 13.2 Å². The van der Waals surface area contributed by atoms with Gasteiger partial charge in [0.2, 0.25) is 10.0 Å². The second kappa shape index (κ2) is 6.42. The first kappa shape index (κ1) is 12.9. The largest absolute Gasteiger partial charge is 0.381 e. The molecule has 90 valence electrons. The normalized spacial score (nSPS) is 19.3. The van der Waals surface area contributed by atoms with Gasteiger partial charge in [0, 0.05) is 26.3 Å². The summed E-state index contributed by atoms with van der Waals surface area (Å²) in [6.45, 7) is 5.11. The van der Waals surface area contributed by atoms with Crippen molar-refractivity contribution in [2.24, 2.45) is 0 Å². The van der Waals surface area contributed by atoms with Crippen molar-refractivity contribution in [3.8, 4) is 0 Å². The first-order valence-corrected chi connectivity index (χ1v) is 6.98. The van der Waals surface area contributed by atoms with E-state index in [9.17, 15) is 8.42 Å². The molecule has 15 heavy (non-hydrogen) atoms. The average Bonchev–Trinajstić information content (AvgIpc) is 2.26. The molecule has 0 aromatic carbocycles. The molecule has 1 saturated heterocycles. The Morgan fingerprint density at radius 1 is 1.27 bits per heavy atom. The minimum absolute atomic E-state index is 0.270. The highest BCUT2D eigenvalue weighted by Crippen LogP contribution is 2.14. The van der Waals surface area contributed by atoms with Crippen LogP contribution in [-0.4, -0.2) is 46.5 Å². The molecule has 0 atom stereocenters. The Hall–Kier alpha value is -0.170. The second-order valence-electron chi connectivity index (χ2n) is 3.60. The molecule has 1 aliphatic rings. The molecule has 6 heteroatoms. The van der Waals surface area contributed by atoms with E-state index in [1.54, 1.807) is 0 Å². The van der Waals surface area contributed by atoms with E-state index in [4.69, 9.17) is 4.74 Å². The molecule has 5 nitrogen and oxygen atoms in total. The minimum atomic E-state index is -3.13. The third-order valence-electron chi connectivity index (χ3n) is 2.46. The molecule has 0 spiro atoms. The van der Waals surface area contributed by atoms with Gasteiger partial charge in [0.05, 0.1) is 5.25 Å². The lowest BCUT2D eigenvalue weighted by atomic mass is 10.2. The average molecular weight is 236 g/mol. The van der Waals surface area contributed by atoms with Gasteiger partial charge in [-0.15, -0.1) is 0 Å². The van der Waals surface area contributed by atoms with Crippen LogP contribution < -0.4 is 10.0 Å². The molecular weight excluding hydrogens is 216 g/mol. The van der Waals surface area contributed by atoms with Gasteiger partial charge in [-0.05, 0) is 19.4 Å². The summed E-state index contributed by atoms with van der Waals surface area (Å²) in [4.78, 5) is 0. The number of rotatable bonds is 6. The quantitative estimate of drug-likeness (QED) is 0.621. The molecule has 0 amide bonds. The molecule has 1 aliphatic heterocycles. The Morgan fingerprint density at radius 2 is 1.93 bits per heavy atom. The van der Waals surface area contributed by atoms with Crippen molar-refractivity contribution in [3.63, 3.8) is 0 Å². The van der Waals surface area contributed by atoms with Gasteiger partial charge in [-0.25, -0.2) is 13.1 Å². The minimum Gasteiger partial charge on any atom is -0.381 e. The lowest BCUT2D eigenvalue weighted by Gasteiger charge is -2.22. The van der Waals surface area contributed by atoms with Crippen LogP contribution in [0.1, 0.15) is 19.8 Å². The van der Waals surface area contributed by atoms with E-state index < -0.39 is 10.0 Å². The van der Waals surface area contributed by atoms with E-state index in [1.807, 2.05) is 6.92 Å². The summed E-state index contributed by atoms with van der Waals surface area (Å²) in [5, 5.41) is 2.80. The molecule has 0 unspecified atom stereocenters. The fourth-order valence-electron chi connectivity index (χ4n) is 1.56. The van der Waals surface area contributed by atoms with Gasteiger partial charge < -0.3 is 10.1 Å². The van der Waals surface area contributed by atoms with Crippen LogP contribution in [0.2, 0.25) is 0 Å². The summed E-state index contributed by atoms with van der Waals surface area (Å²) in [7, 11) is -3.13. The van der Waals surface area contributed by atoms with Gasteiger partial charge >= 0.3 is 0 Å². The van der Waals surface area contributed by atoms with Crippen molar-refractivity contribution >= 4 is 10.0 Å². The smallest absolute Gasteiger partial charge is 0.214 e. The summed E-state index contributed by atoms with van der Waals surface area (Å²) >= 11 is 0. The Kier molecular flexibility index (Phi) is 5.52. The van der Waals surface area contributed by atoms with Crippen LogP contribution in [0.4, 0.5) is 0 Å². The van der Waals surface area contributed by atoms with Crippen molar-refractivity contribution in [2.75, 3.05) is 32.8 Å². The van der Waals surface area contributed by atoms with Gasteiger partial charge in [0.15, 0.2) is 0 Å². The number of hydrogen-bond acceptors (Lipinski definition) is 4. The van der Waals surface area contributed by atoms with Crippen LogP contribution in [0.15, 0.2) is 0 Å². The lowest BCUT2D eigenvalue weighted by molar-refractivity contribution is 0.0981. The van der Waals surface area contributed by atoms with Crippen LogP contribution in [0, 0.1) is 0 Å². The van der Waals surface area contributed by atoms with E-state index in [1.165, 1.54) is 0 Å². The molecule has 1 heterocycles. The summed E-state index contributed by atoms with van der Waals surface area (Å²) in [5.41, 5.74) is 0. The van der Waals surface area contributed by atoms with Crippen molar-refractivity contribution in [3.05, 3.63) is 0 Å². The molecule has 0 aliphatic carbocycles. The maximum Gasteiger partial charge on any atom is 0.214 e. The summed E-state index contributed by atoms with van der Waals surface area (Å²) in [5.74, 6) is 0. The number of likely N-dealkylation sites (N-methyl/N-ethyl adjacent to an activating group) is 1. The highest BCUT2D eigenvalue weighted by Gasteiger charge is 2.26. The number of hydrogen-bond donors (Lipinski definition) is 2. The second-order valence-corrected chi connectivity index (χ2v) is 5.65. The predicted octanol–water partition coefficient (Wildman–Crippen LogP) is -0.306. The van der Waals surface area contributed by atoms with Gasteiger partial charge in [0.1, 0.15) is 0 Å². The summed E-state index contributed by atoms with van der Waals surface area (Å²) in [6, 6.07) is 0. The monoisotopic (exact) mass is 236 g/mol. The topological polar surface area (TPSA) is 67.4 Å². The SMILES string of the molecule is CCNCCNS(=O)(=O)C1CCOCC1. The number of nitrogens with one attached hydrogen (secondary N) is 2. The molecule has 0 radical (unpaired) electrons. The highest BCUT2D eigenvalue weighted by atomic mass is 32.2. The maximum atomic E-state index is 11.8. The van der Waals surface area contributed by atoms with E-state index in [-0.39, 0.29) is 5.25 Å². The molecule has 0 bridgehead atoms. The fourth-order valence-corrected chi connectivity index (χ4v) is 3.00. The molecule has 0 saturated carbocycles. The predicted molar refractivity (Wildman–Crippen MR) is 59.3 cm³/mol. The van der Waals surface area contributed by atoms with Crippen molar-refractivity contribution in [1.29, 1.82) is 0 Å². The van der Waals surface area contributed by atoms with Crippen LogP contribution in [0.5, 0.6) is 0 Å². The Bertz CT molecular complexity index is 261. The van der Waals surface area contributed by atoms with E-state index in [0.717, 1.165) is 6.54 Å². The number of sulfonamides is 1. The zero-order valence-electron chi connectivity index (χ0n) is 9.16. The Morgan fingerprint density at radius 3 is 2.53 bits per heavy atom. The molecule has 1 rings (SSSR count). The molecule has 0 aromatic rings. The van der Waals surface area contributed by atoms with Gasteiger partial charge in [-0.3, -0.25) is 0 Å². The van der Waals surface area contributed by atoms with Gasteiger partial charge in [-0.2, -0.15) is 0 Å². The van der Waals surface area contributed by atoms with Crippen molar-refractivity contribution in [2.45, 2.75) is 25.0 Å². The zero-order valence-corrected chi connectivity index (χ0v) is 9.98. The summed E-state index contributed by atoms with van der Waals surface area (Å²) < 4.78 is 31.3.